The van der Waals surface area contributed by atoms with E-state index in [1.54, 1.807) is 57.2 Å². The molecule has 2 bridgehead atoms. The Labute approximate surface area is 380 Å². The summed E-state index contributed by atoms with van der Waals surface area (Å²) in [5.74, 6) is -9.02. The highest BCUT2D eigenvalue weighted by atomic mass is 16.6. The molecule has 0 spiro atoms. The molecule has 12 atom stereocenters. The van der Waals surface area contributed by atoms with Gasteiger partial charge in [0.2, 0.25) is 6.10 Å². The Morgan fingerprint density at radius 3 is 2.09 bits per heavy atom. The molecule has 3 fully saturated rings. The maximum Gasteiger partial charge on any atom is 0.408 e. The van der Waals surface area contributed by atoms with E-state index >= 15 is 4.79 Å². The number of Topliss-reactive ketones (excluding diaryl/α,β-unsaturated/α-hetero) is 1. The van der Waals surface area contributed by atoms with Gasteiger partial charge in [-0.05, 0) is 63.5 Å². The number of hydrogen-bond donors (Lipinski definition) is 6. The highest BCUT2D eigenvalue weighted by Gasteiger charge is 2.78. The number of ether oxygens (including phenoxy) is 6. The minimum Gasteiger partial charge on any atom is -0.479 e. The molecule has 1 aliphatic heterocycles. The van der Waals surface area contributed by atoms with Crippen molar-refractivity contribution in [2.24, 2.45) is 16.7 Å². The number of benzene rings is 2. The smallest absolute Gasteiger partial charge is 0.408 e. The molecule has 0 radical (unpaired) electrons. The number of nitrogens with one attached hydrogen (secondary N) is 1. The first-order valence-electron chi connectivity index (χ1n) is 21.5. The van der Waals surface area contributed by atoms with E-state index in [0.717, 1.165) is 6.92 Å². The van der Waals surface area contributed by atoms with Crippen LogP contribution in [0.5, 0.6) is 0 Å². The molecule has 1 heterocycles. The normalized spacial score (nSPS) is 31.4. The number of carbonyl (C=O) groups excluding carboxylic acids is 6. The van der Waals surface area contributed by atoms with Crippen molar-refractivity contribution in [1.29, 1.82) is 0 Å². The van der Waals surface area contributed by atoms with Gasteiger partial charge in [0.15, 0.2) is 17.5 Å². The highest BCUT2D eigenvalue weighted by molar-refractivity contribution is 5.94. The van der Waals surface area contributed by atoms with Crippen molar-refractivity contribution >= 4 is 41.7 Å². The molecule has 3 aliphatic carbocycles. The molecular formula is C47H57NO18. The molecule has 0 unspecified atom stereocenters. The SMILES string of the molecule is CC(=O)O[C@@]12CO[C@@H]1C[C@H](O)[C@@]1(C)C(=O)[C@H](O)C3=C(C)[C@@H](OC(=O)[C@H](OC(=O)C[C@@H](O)C(=O)O)[C@@H](NC(=O)OC(C)(C)C)c4ccccc4)C[C@@](O)([C@@H](OC(=O)c4ccccc4)[C@H]21)C3(C)C. The van der Waals surface area contributed by atoms with Gasteiger partial charge in [-0.1, -0.05) is 62.4 Å². The summed E-state index contributed by atoms with van der Waals surface area (Å²) >= 11 is 0. The minimum atomic E-state index is -2.50. The third kappa shape index (κ3) is 8.93. The summed E-state index contributed by atoms with van der Waals surface area (Å²) in [6.45, 7) is 11.2. The van der Waals surface area contributed by atoms with Gasteiger partial charge in [-0.25, -0.2) is 19.2 Å². The first kappa shape index (κ1) is 49.7. The molecule has 2 aromatic rings. The minimum absolute atomic E-state index is 0.0150. The van der Waals surface area contributed by atoms with Gasteiger partial charge in [0.05, 0.1) is 36.0 Å². The third-order valence-electron chi connectivity index (χ3n) is 13.4. The lowest BCUT2D eigenvalue weighted by atomic mass is 9.44. The van der Waals surface area contributed by atoms with Crippen molar-refractivity contribution < 1.29 is 87.5 Å². The van der Waals surface area contributed by atoms with Crippen LogP contribution in [0.2, 0.25) is 0 Å². The third-order valence-corrected chi connectivity index (χ3v) is 13.4. The first-order valence-corrected chi connectivity index (χ1v) is 21.5. The number of rotatable bonds is 12. The Kier molecular flexibility index (Phi) is 13.7. The number of fused-ring (bicyclic) bond motifs is 5. The molecule has 4 aliphatic rings. The van der Waals surface area contributed by atoms with Gasteiger partial charge in [-0.3, -0.25) is 14.4 Å². The van der Waals surface area contributed by atoms with E-state index in [1.807, 2.05) is 0 Å². The second kappa shape index (κ2) is 18.2. The van der Waals surface area contributed by atoms with Crippen LogP contribution in [0.3, 0.4) is 0 Å². The molecule has 19 heteroatoms. The van der Waals surface area contributed by atoms with E-state index in [-0.39, 0.29) is 35.3 Å². The fraction of sp³-hybridized carbons (Fsp3) is 0.553. The number of carbonyl (C=O) groups is 7. The van der Waals surface area contributed by atoms with Crippen molar-refractivity contribution in [3.8, 4) is 0 Å². The van der Waals surface area contributed by atoms with E-state index in [0.29, 0.717) is 0 Å². The fourth-order valence-electron chi connectivity index (χ4n) is 10.1. The topological polar surface area (TPSA) is 288 Å². The van der Waals surface area contributed by atoms with Crippen LogP contribution in [0.25, 0.3) is 0 Å². The number of ketones is 1. The van der Waals surface area contributed by atoms with Crippen LogP contribution in [0.4, 0.5) is 4.79 Å². The number of esters is 4. The number of carboxylic acids is 1. The molecular weight excluding hydrogens is 867 g/mol. The van der Waals surface area contributed by atoms with Gasteiger partial charge < -0.3 is 59.3 Å². The van der Waals surface area contributed by atoms with Crippen LogP contribution >= 0.6 is 0 Å². The average molecular weight is 924 g/mol. The maximum absolute atomic E-state index is 15.1. The second-order valence-corrected chi connectivity index (χ2v) is 19.1. The predicted molar refractivity (Wildman–Crippen MR) is 226 cm³/mol. The summed E-state index contributed by atoms with van der Waals surface area (Å²) in [5.41, 5.74) is -9.22. The van der Waals surface area contributed by atoms with E-state index in [1.165, 1.54) is 52.0 Å². The van der Waals surface area contributed by atoms with Crippen molar-refractivity contribution in [3.63, 3.8) is 0 Å². The number of amides is 1. The Morgan fingerprint density at radius 2 is 1.55 bits per heavy atom. The summed E-state index contributed by atoms with van der Waals surface area (Å²) < 4.78 is 35.3. The highest BCUT2D eigenvalue weighted by Crippen LogP contribution is 2.64. The standard InChI is InChI=1S/C47H57NO18/c1-23-28(62-41(58)35(63-31(52)19-27(50)39(55)56)33(25-15-11-9-12-16-25)48-42(59)66-43(3,4)5)21-47(60)38(64-40(57)26-17-13-10-14-18-26)36-45(8,37(54)34(53)32(23)44(47,6)7)29(51)20-30-46(36,22-61-30)65-24(2)49/h9-18,27-30,33-36,38,50-51,53,60H,19-22H2,1-8H3,(H,48,59)(H,55,56)/t27-,28+,29+,30-,33+,34-,35-,36+,38+,45-,46+,47-/m1/s1. The van der Waals surface area contributed by atoms with Crippen LogP contribution in [-0.4, -0.2) is 133 Å². The number of carboxylic acid groups (broad SMARTS) is 1. The van der Waals surface area contributed by atoms with Crippen molar-refractivity contribution in [1.82, 2.24) is 5.32 Å². The van der Waals surface area contributed by atoms with Gasteiger partial charge in [0.1, 0.15) is 41.7 Å². The van der Waals surface area contributed by atoms with Crippen LogP contribution in [0.1, 0.15) is 96.6 Å². The van der Waals surface area contributed by atoms with E-state index in [9.17, 15) is 54.3 Å². The Morgan fingerprint density at radius 1 is 0.939 bits per heavy atom. The molecule has 6 rings (SSSR count). The molecule has 1 amide bonds. The van der Waals surface area contributed by atoms with Crippen LogP contribution < -0.4 is 5.32 Å². The summed E-state index contributed by atoms with van der Waals surface area (Å²) in [4.78, 5) is 95.3. The summed E-state index contributed by atoms with van der Waals surface area (Å²) in [6, 6.07) is 13.7. The van der Waals surface area contributed by atoms with Crippen LogP contribution in [0, 0.1) is 16.7 Å². The van der Waals surface area contributed by atoms with E-state index in [4.69, 9.17) is 28.4 Å². The number of aliphatic hydroxyl groups is 4. The number of alkyl carbamates (subject to hydrolysis) is 1. The lowest BCUT2D eigenvalue weighted by molar-refractivity contribution is -0.346. The lowest BCUT2D eigenvalue weighted by Crippen LogP contribution is -2.81. The zero-order valence-corrected chi connectivity index (χ0v) is 37.8. The van der Waals surface area contributed by atoms with Gasteiger partial charge in [0.25, 0.3) is 0 Å². The number of hydrogen-bond acceptors (Lipinski definition) is 17. The van der Waals surface area contributed by atoms with Crippen LogP contribution in [0.15, 0.2) is 71.8 Å². The van der Waals surface area contributed by atoms with Crippen molar-refractivity contribution in [3.05, 3.63) is 82.9 Å². The van der Waals surface area contributed by atoms with Gasteiger partial charge in [-0.2, -0.15) is 0 Å². The molecule has 6 N–H and O–H groups in total. The van der Waals surface area contributed by atoms with E-state index < -0.39 is 137 Å². The van der Waals surface area contributed by atoms with Gasteiger partial charge in [-0.15, -0.1) is 0 Å². The molecule has 19 nitrogen and oxygen atoms in total. The predicted octanol–water partition coefficient (Wildman–Crippen LogP) is 2.65. The largest absolute Gasteiger partial charge is 0.479 e. The Balaban J connectivity index is 1.53. The zero-order valence-electron chi connectivity index (χ0n) is 37.8. The zero-order chi connectivity index (χ0) is 48.9. The van der Waals surface area contributed by atoms with Crippen molar-refractivity contribution in [2.75, 3.05) is 6.61 Å². The van der Waals surface area contributed by atoms with Crippen molar-refractivity contribution in [2.45, 2.75) is 140 Å². The first-order chi connectivity index (χ1) is 30.7. The average Bonchev–Trinajstić information content (AvgIpc) is 3.23. The summed E-state index contributed by atoms with van der Waals surface area (Å²) in [5, 5.41) is 59.8. The molecule has 66 heavy (non-hydrogen) atoms. The summed E-state index contributed by atoms with van der Waals surface area (Å²) in [7, 11) is 0. The van der Waals surface area contributed by atoms with Crippen LogP contribution in [-0.2, 0) is 52.4 Å². The molecule has 2 aromatic carbocycles. The molecule has 358 valence electrons. The summed E-state index contributed by atoms with van der Waals surface area (Å²) in [6.07, 6.45) is -16.0. The quantitative estimate of drug-likeness (QED) is 0.101. The number of aliphatic carboxylic acids is 1. The lowest BCUT2D eigenvalue weighted by Gasteiger charge is -2.67. The van der Waals surface area contributed by atoms with Gasteiger partial charge >= 0.3 is 35.9 Å². The number of aliphatic hydroxyl groups excluding tert-OH is 3. The Hall–Kier alpha value is -5.73. The Bertz CT molecular complexity index is 2270. The fourth-order valence-corrected chi connectivity index (χ4v) is 10.1. The van der Waals surface area contributed by atoms with Gasteiger partial charge in [0, 0.05) is 25.2 Å². The molecule has 0 aromatic heterocycles. The maximum atomic E-state index is 15.1. The monoisotopic (exact) mass is 923 g/mol. The van der Waals surface area contributed by atoms with E-state index in [2.05, 4.69) is 5.32 Å². The second-order valence-electron chi connectivity index (χ2n) is 19.1. The molecule has 2 saturated carbocycles. The molecule has 1 saturated heterocycles.